The highest BCUT2D eigenvalue weighted by Crippen LogP contribution is 2.66. The number of fused-ring (bicyclic) bond motifs is 5. The third kappa shape index (κ3) is 10.5. The third-order valence-electron chi connectivity index (χ3n) is 18.2. The minimum atomic E-state index is -2.93. The lowest BCUT2D eigenvalue weighted by molar-refractivity contribution is -0.363. The van der Waals surface area contributed by atoms with Gasteiger partial charge in [-0.1, -0.05) is 129 Å². The Morgan fingerprint density at radius 2 is 1.36 bits per heavy atom. The van der Waals surface area contributed by atoms with Gasteiger partial charge < -0.3 is 48.1 Å². The first-order chi connectivity index (χ1) is 35.6. The first-order valence-corrected chi connectivity index (χ1v) is 32.3. The van der Waals surface area contributed by atoms with Gasteiger partial charge in [0.25, 0.3) is 5.91 Å². The standard InChI is InChI=1S/C59H81NO14Si2/c1-15-76(16-2,17-3)73-43-33-44-58(35-68-44,72-38(6)62)49-51(71-53(65)41-31-25-20-26-32-41)59(67)34-42(36(4)45(56(59,10)11)47(69-37(5)61)50(63)57(43,49)12)70-54(66)48(74-75(13,14)55(7,8)9)46(39-27-21-18-22-28-39)60-52(64)40-29-23-19-24-30-40/h18-32,42-44,46-51,63,67H,15-17,33-35H2,1-14H3,(H,60,64)/t42-,43?,44?,46-,47-,48+,49-,50-,51-,57+,58-,59+/m0/s1. The van der Waals surface area contributed by atoms with Gasteiger partial charge in [-0.3, -0.25) is 14.4 Å². The van der Waals surface area contributed by atoms with E-state index in [0.717, 1.165) is 18.1 Å². The number of ether oxygens (including phenoxy) is 5. The highest BCUT2D eigenvalue weighted by Gasteiger charge is 2.79. The number of hydrogen-bond donors (Lipinski definition) is 3. The van der Waals surface area contributed by atoms with Crippen LogP contribution in [-0.2, 0) is 46.9 Å². The molecule has 15 nitrogen and oxygen atoms in total. The smallest absolute Gasteiger partial charge is 0.338 e. The number of carbonyl (C=O) groups excluding carboxylic acids is 5. The van der Waals surface area contributed by atoms with Gasteiger partial charge in [0.15, 0.2) is 34.4 Å². The summed E-state index contributed by atoms with van der Waals surface area (Å²) in [7, 11) is -5.54. The van der Waals surface area contributed by atoms with E-state index in [2.05, 4.69) is 26.1 Å². The van der Waals surface area contributed by atoms with E-state index in [4.69, 9.17) is 32.5 Å². The Morgan fingerprint density at radius 1 is 0.803 bits per heavy atom. The van der Waals surface area contributed by atoms with Crippen molar-refractivity contribution in [2.24, 2.45) is 16.7 Å². The Hall–Kier alpha value is -5.02. The van der Waals surface area contributed by atoms with Gasteiger partial charge in [-0.25, -0.2) is 9.59 Å². The van der Waals surface area contributed by atoms with Crippen molar-refractivity contribution in [3.63, 3.8) is 0 Å². The van der Waals surface area contributed by atoms with Crippen LogP contribution in [0.4, 0.5) is 0 Å². The van der Waals surface area contributed by atoms with E-state index in [0.29, 0.717) is 16.7 Å². The van der Waals surface area contributed by atoms with Crippen LogP contribution in [-0.4, -0.2) is 117 Å². The number of aliphatic hydroxyl groups is 2. The number of benzene rings is 3. The molecule has 0 aromatic heterocycles. The van der Waals surface area contributed by atoms with Gasteiger partial charge in [-0.15, -0.1) is 0 Å². The van der Waals surface area contributed by atoms with E-state index in [1.54, 1.807) is 113 Å². The van der Waals surface area contributed by atoms with Crippen LogP contribution in [0.15, 0.2) is 102 Å². The molecule has 3 aromatic carbocycles. The first-order valence-electron chi connectivity index (χ1n) is 26.9. The molecule has 76 heavy (non-hydrogen) atoms. The summed E-state index contributed by atoms with van der Waals surface area (Å²) >= 11 is 0. The Morgan fingerprint density at radius 3 is 1.86 bits per heavy atom. The zero-order valence-corrected chi connectivity index (χ0v) is 48.9. The van der Waals surface area contributed by atoms with Gasteiger partial charge in [0.2, 0.25) is 0 Å². The van der Waals surface area contributed by atoms with E-state index in [-0.39, 0.29) is 24.2 Å². The van der Waals surface area contributed by atoms with Crippen molar-refractivity contribution in [2.45, 2.75) is 192 Å². The second-order valence-corrected chi connectivity index (χ2v) is 33.2. The molecule has 17 heteroatoms. The predicted molar refractivity (Wildman–Crippen MR) is 291 cm³/mol. The molecule has 1 saturated heterocycles. The molecule has 1 aliphatic heterocycles. The van der Waals surface area contributed by atoms with E-state index in [1.807, 2.05) is 39.9 Å². The summed E-state index contributed by atoms with van der Waals surface area (Å²) in [6.07, 6.45) is -9.70. The third-order valence-corrected chi connectivity index (χ3v) is 27.3. The van der Waals surface area contributed by atoms with E-state index in [1.165, 1.54) is 13.8 Å². The summed E-state index contributed by atoms with van der Waals surface area (Å²) in [5, 5.41) is 30.9. The van der Waals surface area contributed by atoms with Crippen LogP contribution < -0.4 is 5.32 Å². The topological polar surface area (TPSA) is 202 Å². The average Bonchev–Trinajstić information content (AvgIpc) is 3.54. The molecule has 2 unspecified atom stereocenters. The van der Waals surface area contributed by atoms with Crippen LogP contribution in [0.5, 0.6) is 0 Å². The maximum absolute atomic E-state index is 15.7. The number of esters is 4. The lowest BCUT2D eigenvalue weighted by Gasteiger charge is -2.70. The molecule has 3 aliphatic carbocycles. The SMILES string of the molecule is CC[Si](CC)(CC)OC1CC2OC[C@@]2(OC(C)=O)[C@H]2[C@H](OC(=O)c3ccccc3)[C@]3(O)C[C@H](OC(=O)[C@H](O[Si](C)(C)C(C)(C)C)[C@@H](NC(=O)c4ccccc4)c4ccccc4)C(C)=C([C@H](OC(C)=O)[C@H](O)[C@]12C)C3(C)C. The molecule has 2 bridgehead atoms. The van der Waals surface area contributed by atoms with Gasteiger partial charge in [0.1, 0.15) is 30.0 Å². The molecular weight excluding hydrogens is 1000 g/mol. The molecule has 12 atom stereocenters. The summed E-state index contributed by atoms with van der Waals surface area (Å²) in [5.74, 6) is -4.89. The van der Waals surface area contributed by atoms with Crippen molar-refractivity contribution in [3.05, 3.63) is 119 Å². The van der Waals surface area contributed by atoms with E-state index < -0.39 is 135 Å². The molecule has 1 amide bonds. The Balaban J connectivity index is 1.49. The van der Waals surface area contributed by atoms with Crippen LogP contribution >= 0.6 is 0 Å². The summed E-state index contributed by atoms with van der Waals surface area (Å²) < 4.78 is 47.3. The molecule has 0 radical (unpaired) electrons. The zero-order valence-electron chi connectivity index (χ0n) is 46.9. The number of rotatable bonds is 17. The quantitative estimate of drug-likeness (QED) is 0.0499. The average molecular weight is 1080 g/mol. The zero-order chi connectivity index (χ0) is 56.0. The fraction of sp³-hybridized carbons (Fsp3) is 0.576. The summed E-state index contributed by atoms with van der Waals surface area (Å²) in [5.41, 5.74) is -5.45. The minimum absolute atomic E-state index is 0.150. The number of amides is 1. The molecule has 3 aromatic rings. The van der Waals surface area contributed by atoms with Crippen LogP contribution in [0.3, 0.4) is 0 Å². The predicted octanol–water partition coefficient (Wildman–Crippen LogP) is 9.59. The van der Waals surface area contributed by atoms with Gasteiger partial charge in [0, 0.05) is 43.1 Å². The number of carbonyl (C=O) groups is 5. The van der Waals surface area contributed by atoms with Crippen molar-refractivity contribution in [1.29, 1.82) is 0 Å². The van der Waals surface area contributed by atoms with Crippen molar-refractivity contribution in [1.82, 2.24) is 5.32 Å². The van der Waals surface area contributed by atoms with Gasteiger partial charge in [-0.05, 0) is 84.2 Å². The maximum atomic E-state index is 15.7. The van der Waals surface area contributed by atoms with Crippen molar-refractivity contribution in [3.8, 4) is 0 Å². The molecule has 3 N–H and O–H groups in total. The first kappa shape index (κ1) is 58.7. The molecule has 4 aliphatic rings. The summed E-state index contributed by atoms with van der Waals surface area (Å²) in [6.45, 7) is 25.6. The molecule has 0 spiro atoms. The monoisotopic (exact) mass is 1080 g/mol. The largest absolute Gasteiger partial charge is 0.456 e. The van der Waals surface area contributed by atoms with E-state index in [9.17, 15) is 29.4 Å². The maximum Gasteiger partial charge on any atom is 0.338 e. The highest BCUT2D eigenvalue weighted by molar-refractivity contribution is 6.74. The molecule has 2 saturated carbocycles. The molecule has 414 valence electrons. The lowest BCUT2D eigenvalue weighted by atomic mass is 9.44. The highest BCUT2D eigenvalue weighted by atomic mass is 28.4. The van der Waals surface area contributed by atoms with Gasteiger partial charge in [0.05, 0.1) is 30.2 Å². The normalized spacial score (nSPS) is 29.9. The minimum Gasteiger partial charge on any atom is -0.456 e. The second kappa shape index (κ2) is 22.0. The van der Waals surface area contributed by atoms with Crippen LogP contribution in [0.2, 0.25) is 36.3 Å². The lowest BCUT2D eigenvalue weighted by Crippen LogP contribution is -2.83. The van der Waals surface area contributed by atoms with E-state index >= 15 is 4.79 Å². The number of nitrogens with one attached hydrogen (secondary N) is 1. The Kier molecular flexibility index (Phi) is 17.0. The van der Waals surface area contributed by atoms with Crippen molar-refractivity contribution < 1.29 is 66.7 Å². The number of hydrogen-bond acceptors (Lipinski definition) is 14. The molecular formula is C59H81NO14Si2. The Labute approximate surface area is 451 Å². The van der Waals surface area contributed by atoms with Crippen molar-refractivity contribution in [2.75, 3.05) is 6.61 Å². The fourth-order valence-electron chi connectivity index (χ4n) is 12.5. The fourth-order valence-corrected chi connectivity index (χ4v) is 16.7. The summed E-state index contributed by atoms with van der Waals surface area (Å²) in [4.78, 5) is 72.1. The molecule has 3 fully saturated rings. The van der Waals surface area contributed by atoms with Crippen LogP contribution in [0, 0.1) is 16.7 Å². The Bertz CT molecular complexity index is 2630. The second-order valence-electron chi connectivity index (χ2n) is 23.7. The molecule has 7 rings (SSSR count). The number of aliphatic hydroxyl groups excluding tert-OH is 1. The van der Waals surface area contributed by atoms with Crippen molar-refractivity contribution >= 4 is 46.4 Å². The summed E-state index contributed by atoms with van der Waals surface area (Å²) in [6, 6.07) is 27.0. The molecule has 1 heterocycles. The van der Waals surface area contributed by atoms with Crippen LogP contribution in [0.1, 0.15) is 128 Å². The van der Waals surface area contributed by atoms with Gasteiger partial charge in [-0.2, -0.15) is 0 Å². The van der Waals surface area contributed by atoms with Gasteiger partial charge >= 0.3 is 23.9 Å². The van der Waals surface area contributed by atoms with Crippen LogP contribution in [0.25, 0.3) is 0 Å².